The number of methoxy groups -OCH3 is 2. The molecule has 10 atom stereocenters. The van der Waals surface area contributed by atoms with Gasteiger partial charge in [-0.2, -0.15) is 0 Å². The number of fused-ring (bicyclic) bond motifs is 6. The van der Waals surface area contributed by atoms with Gasteiger partial charge in [0, 0.05) is 39.4 Å². The molecule has 0 radical (unpaired) electrons. The summed E-state index contributed by atoms with van der Waals surface area (Å²) in [7, 11) is 2.73. The summed E-state index contributed by atoms with van der Waals surface area (Å²) in [5, 5.41) is 1.04. The van der Waals surface area contributed by atoms with Crippen molar-refractivity contribution in [2.75, 3.05) is 27.3 Å². The number of ether oxygens (including phenoxy) is 4. The highest BCUT2D eigenvalue weighted by Crippen LogP contribution is 2.59. The molecule has 19 heteroatoms. The standard InChI is InChI=1S/C29H35N3O5S2.C27H33N3O5S.H2/c1-36-27(35)29-15-19(29)10-6-4-2-3-5-9-18(13-25(30)38)26(34)32-17-20(14-22(32)23(33)16-29)37-28-31-21-11-7-8-12-24(21)39-28;1-34-25(33)27-14-17(27)9-5-3-2-4-6-10-19(28)24(32)30-16-18(13-21(30)22(31)15-27)35-26-29-20-11-7-8-12-23(20)36-26;/h6-8,10-12,18-20,22H,2-5,9,13-17H2,1H3,(H2,30,38);5,7-9,11-12,17-19,21H,2-4,6,10,13-16,28H2,1H3;1H/b10-6-;9-5-;/t18-,19-,20-,22+,29-;17-,18-,19+,21+,27-;/m11./s1. The lowest BCUT2D eigenvalue weighted by Crippen LogP contribution is -2.49. The van der Waals surface area contributed by atoms with Crippen molar-refractivity contribution in [1.82, 2.24) is 19.8 Å². The summed E-state index contributed by atoms with van der Waals surface area (Å²) in [5.41, 5.74) is 12.2. The summed E-state index contributed by atoms with van der Waals surface area (Å²) in [4.78, 5) is 93.1. The van der Waals surface area contributed by atoms with Gasteiger partial charge in [0.05, 0.1) is 81.7 Å². The van der Waals surface area contributed by atoms with Gasteiger partial charge in [-0.25, -0.2) is 9.97 Å². The zero-order chi connectivity index (χ0) is 52.9. The Hall–Kier alpha value is -5.63. The number of amides is 2. The fraction of sp³-hybridized carbons (Fsp3) is 0.554. The van der Waals surface area contributed by atoms with Gasteiger partial charge in [-0.1, -0.05) is 109 Å². The van der Waals surface area contributed by atoms with Crippen LogP contribution < -0.4 is 20.9 Å². The highest BCUT2D eigenvalue weighted by molar-refractivity contribution is 7.80. The molecule has 2 aliphatic carbocycles. The van der Waals surface area contributed by atoms with E-state index in [0.29, 0.717) is 60.3 Å². The average Bonchev–Trinajstić information content (AvgIpc) is 3.85. The summed E-state index contributed by atoms with van der Waals surface area (Å²) in [6, 6.07) is 13.5. The van der Waals surface area contributed by atoms with Gasteiger partial charge in [0.1, 0.15) is 12.2 Å². The van der Waals surface area contributed by atoms with E-state index in [-0.39, 0.29) is 86.5 Å². The Morgan fingerprint density at radius 2 is 1.16 bits per heavy atom. The lowest BCUT2D eigenvalue weighted by Gasteiger charge is -2.28. The Balaban J connectivity index is 0.000000199. The number of allylic oxidation sites excluding steroid dienone is 4. The van der Waals surface area contributed by atoms with Gasteiger partial charge >= 0.3 is 11.9 Å². The molecule has 4 N–H and O–H groups in total. The molecule has 16 nitrogen and oxygen atoms in total. The van der Waals surface area contributed by atoms with E-state index in [0.717, 1.165) is 71.8 Å². The Morgan fingerprint density at radius 3 is 1.63 bits per heavy atom. The molecule has 2 aromatic carbocycles. The number of thiazole rings is 2. The fourth-order valence-electron chi connectivity index (χ4n) is 11.7. The van der Waals surface area contributed by atoms with E-state index < -0.39 is 35.1 Å². The number of esters is 2. The van der Waals surface area contributed by atoms with Crippen LogP contribution in [0.4, 0.5) is 0 Å². The van der Waals surface area contributed by atoms with Crippen molar-refractivity contribution >= 4 is 95.6 Å². The van der Waals surface area contributed by atoms with E-state index in [4.69, 9.17) is 42.6 Å². The minimum Gasteiger partial charge on any atom is -0.469 e. The van der Waals surface area contributed by atoms with Crippen molar-refractivity contribution in [3.63, 3.8) is 0 Å². The van der Waals surface area contributed by atoms with Crippen molar-refractivity contribution in [2.24, 2.45) is 40.1 Å². The van der Waals surface area contributed by atoms with Gasteiger partial charge in [-0.3, -0.25) is 28.8 Å². The number of thiocarbonyl (C=S) groups is 1. The quantitative estimate of drug-likeness (QED) is 0.0959. The van der Waals surface area contributed by atoms with Crippen LogP contribution in [0.2, 0.25) is 0 Å². The number of benzene rings is 2. The smallest absolute Gasteiger partial charge is 0.312 e. The molecule has 4 aliphatic heterocycles. The van der Waals surface area contributed by atoms with Gasteiger partial charge in [0.25, 0.3) is 10.4 Å². The van der Waals surface area contributed by atoms with Crippen molar-refractivity contribution in [3.05, 3.63) is 72.8 Å². The van der Waals surface area contributed by atoms with Gasteiger partial charge in [-0.05, 0) is 87.5 Å². The number of rotatable bonds is 8. The summed E-state index contributed by atoms with van der Waals surface area (Å²) < 4.78 is 24.7. The van der Waals surface area contributed by atoms with Gasteiger partial charge in [-0.15, -0.1) is 0 Å². The maximum atomic E-state index is 13.9. The number of ketones is 2. The predicted molar refractivity (Wildman–Crippen MR) is 292 cm³/mol. The van der Waals surface area contributed by atoms with Crippen LogP contribution in [0.5, 0.6) is 10.4 Å². The number of carbonyl (C=O) groups is 6. The Morgan fingerprint density at radius 1 is 0.693 bits per heavy atom. The maximum absolute atomic E-state index is 13.9. The molecule has 0 bridgehead atoms. The van der Waals surface area contributed by atoms with E-state index in [1.807, 2.05) is 48.5 Å². The molecular weight excluding hydrogens is 1010 g/mol. The van der Waals surface area contributed by atoms with Crippen LogP contribution >= 0.6 is 34.9 Å². The first-order chi connectivity index (χ1) is 36.2. The number of hydrogen-bond acceptors (Lipinski definition) is 16. The zero-order valence-corrected chi connectivity index (χ0v) is 45.2. The molecule has 4 fully saturated rings. The molecule has 75 heavy (non-hydrogen) atoms. The number of nitrogens with two attached hydrogens (primary N) is 2. The highest BCUT2D eigenvalue weighted by Gasteiger charge is 2.63. The fourth-order valence-corrected chi connectivity index (χ4v) is 13.7. The summed E-state index contributed by atoms with van der Waals surface area (Å²) in [6.07, 6.45) is 18.6. The van der Waals surface area contributed by atoms with Crippen LogP contribution in [-0.2, 0) is 38.2 Å². The SMILES string of the molecule is COC(=O)[C@]12CC(=O)[C@@H]3C[C@@H](Oc4nc5ccccc5s4)CN3C(=O)[C@@H](CC(N)=S)CCCCC/C=C\[C@@H]1C2.COC(=O)[C@]12CC(=O)[C@@H]3C[C@@H](Oc4nc5ccccc5s4)CN3C(=O)[C@@H](N)CCCCC/C=C\[C@@H]1C2.[HH]. The molecule has 2 saturated carbocycles. The van der Waals surface area contributed by atoms with Gasteiger partial charge in [0.15, 0.2) is 11.6 Å². The molecule has 2 saturated heterocycles. The van der Waals surface area contributed by atoms with Crippen LogP contribution in [0.15, 0.2) is 72.8 Å². The second kappa shape index (κ2) is 23.7. The van der Waals surface area contributed by atoms with Crippen LogP contribution in [0, 0.1) is 28.6 Å². The van der Waals surface area contributed by atoms with Crippen LogP contribution in [0.25, 0.3) is 20.4 Å². The summed E-state index contributed by atoms with van der Waals surface area (Å²) >= 11 is 8.07. The third-order valence-electron chi connectivity index (χ3n) is 16.0. The lowest BCUT2D eigenvalue weighted by atomic mass is 9.91. The lowest BCUT2D eigenvalue weighted by molar-refractivity contribution is -0.150. The molecule has 4 aromatic rings. The second-order valence-corrected chi connectivity index (χ2v) is 23.7. The van der Waals surface area contributed by atoms with Crippen molar-refractivity contribution < 1.29 is 49.1 Å². The van der Waals surface area contributed by atoms with Crippen LogP contribution in [-0.4, -0.2) is 118 Å². The van der Waals surface area contributed by atoms with E-state index in [2.05, 4.69) is 34.3 Å². The molecule has 10 rings (SSSR count). The van der Waals surface area contributed by atoms with Gasteiger partial charge < -0.3 is 40.2 Å². The first-order valence-electron chi connectivity index (χ1n) is 26.5. The normalized spacial score (nSPS) is 31.3. The summed E-state index contributed by atoms with van der Waals surface area (Å²) in [5.74, 6) is -1.76. The van der Waals surface area contributed by atoms with Crippen molar-refractivity contribution in [1.29, 1.82) is 0 Å². The van der Waals surface area contributed by atoms with E-state index in [1.165, 1.54) is 36.9 Å². The van der Waals surface area contributed by atoms with Crippen molar-refractivity contribution in [2.45, 2.75) is 139 Å². The minimum absolute atomic E-state index is 0. The molecule has 2 amide bonds. The predicted octanol–water partition coefficient (Wildman–Crippen LogP) is 8.47. The number of Topliss-reactive ketones (excluding diaryl/α,β-unsaturated/α-hetero) is 2. The Bertz CT molecular complexity index is 2790. The highest BCUT2D eigenvalue weighted by atomic mass is 32.1. The number of aromatic nitrogens is 2. The topological polar surface area (TPSA) is 224 Å². The first-order valence-corrected chi connectivity index (χ1v) is 28.5. The molecule has 6 heterocycles. The molecular formula is C56H70N6O10S3. The number of para-hydroxylation sites is 2. The Kier molecular flexibility index (Phi) is 17.1. The van der Waals surface area contributed by atoms with Crippen LogP contribution in [0.3, 0.4) is 0 Å². The van der Waals surface area contributed by atoms with E-state index >= 15 is 0 Å². The molecule has 6 aliphatic rings. The second-order valence-electron chi connectivity index (χ2n) is 21.2. The molecule has 0 spiro atoms. The summed E-state index contributed by atoms with van der Waals surface area (Å²) in [6.45, 7) is 0.543. The van der Waals surface area contributed by atoms with E-state index in [9.17, 15) is 28.8 Å². The Labute approximate surface area is 452 Å². The molecule has 402 valence electrons. The van der Waals surface area contributed by atoms with Gasteiger partial charge in [0.2, 0.25) is 11.8 Å². The average molecular weight is 1080 g/mol. The third-order valence-corrected chi connectivity index (χ3v) is 18.0. The number of hydrogen-bond donors (Lipinski definition) is 2. The molecule has 2 aromatic heterocycles. The zero-order valence-electron chi connectivity index (χ0n) is 42.7. The van der Waals surface area contributed by atoms with E-state index in [1.54, 1.807) is 9.80 Å². The molecule has 0 unspecified atom stereocenters. The largest absolute Gasteiger partial charge is 0.469 e. The maximum Gasteiger partial charge on any atom is 0.312 e. The number of nitrogens with zero attached hydrogens (tertiary/aromatic N) is 4. The minimum atomic E-state index is -0.860. The third kappa shape index (κ3) is 12.3. The monoisotopic (exact) mass is 1080 g/mol. The number of carbonyl (C=O) groups excluding carboxylic acids is 6. The first kappa shape index (κ1) is 54.2. The van der Waals surface area contributed by atoms with Crippen molar-refractivity contribution in [3.8, 4) is 10.4 Å². The van der Waals surface area contributed by atoms with Crippen LogP contribution in [0.1, 0.15) is 111 Å².